The minimum Gasteiger partial charge on any atom is -0.481 e. The number of rotatable bonds is 7. The number of hydrogen-bond donors (Lipinski definition) is 1. The molecule has 20 heavy (non-hydrogen) atoms. The molecule has 2 heterocycles. The summed E-state index contributed by atoms with van der Waals surface area (Å²) in [6.07, 6.45) is 8.54. The highest BCUT2D eigenvalue weighted by atomic mass is 32.1. The zero-order valence-corrected chi connectivity index (χ0v) is 12.0. The van der Waals surface area contributed by atoms with Gasteiger partial charge in [0, 0.05) is 24.4 Å². The Labute approximate surface area is 122 Å². The van der Waals surface area contributed by atoms with Crippen LogP contribution in [-0.2, 0) is 4.79 Å². The van der Waals surface area contributed by atoms with Crippen molar-refractivity contribution in [1.29, 1.82) is 0 Å². The number of thiophene rings is 1. The Morgan fingerprint density at radius 3 is 2.85 bits per heavy atom. The number of unbranched alkanes of at least 4 members (excludes halogenated alkanes) is 2. The second-order valence-corrected chi connectivity index (χ2v) is 5.29. The molecule has 0 aliphatic rings. The summed E-state index contributed by atoms with van der Waals surface area (Å²) >= 11 is 1.67. The molecule has 104 valence electrons. The lowest BCUT2D eigenvalue weighted by Crippen LogP contribution is -1.93. The van der Waals surface area contributed by atoms with Crippen molar-refractivity contribution in [3.63, 3.8) is 0 Å². The van der Waals surface area contributed by atoms with E-state index in [0.717, 1.165) is 24.8 Å². The number of allylic oxidation sites excluding steroid dienone is 1. The van der Waals surface area contributed by atoms with Gasteiger partial charge in [0.25, 0.3) is 0 Å². The molecule has 2 aromatic rings. The van der Waals surface area contributed by atoms with Gasteiger partial charge in [0.05, 0.1) is 0 Å². The van der Waals surface area contributed by atoms with E-state index in [2.05, 4.69) is 27.9 Å². The topological polar surface area (TPSA) is 50.2 Å². The molecule has 0 saturated carbocycles. The normalized spacial score (nSPS) is 11.5. The number of aromatic nitrogens is 1. The fraction of sp³-hybridized carbons (Fsp3) is 0.250. The molecule has 4 heteroatoms. The van der Waals surface area contributed by atoms with Crippen molar-refractivity contribution in [1.82, 2.24) is 4.98 Å². The van der Waals surface area contributed by atoms with E-state index in [1.54, 1.807) is 17.5 Å². The van der Waals surface area contributed by atoms with Gasteiger partial charge in [0.1, 0.15) is 0 Å². The van der Waals surface area contributed by atoms with Crippen molar-refractivity contribution in [2.75, 3.05) is 0 Å². The first kappa shape index (κ1) is 14.5. The highest BCUT2D eigenvalue weighted by Crippen LogP contribution is 2.25. The number of hydrogen-bond acceptors (Lipinski definition) is 3. The smallest absolute Gasteiger partial charge is 0.303 e. The Kier molecular flexibility index (Phi) is 5.50. The van der Waals surface area contributed by atoms with E-state index in [0.29, 0.717) is 0 Å². The highest BCUT2D eigenvalue weighted by Gasteiger charge is 2.05. The molecule has 0 fully saturated rings. The number of nitrogens with zero attached hydrogens (tertiary/aromatic N) is 1. The maximum Gasteiger partial charge on any atom is 0.303 e. The summed E-state index contributed by atoms with van der Waals surface area (Å²) in [5.41, 5.74) is 3.47. The molecule has 0 aromatic carbocycles. The Morgan fingerprint density at radius 1 is 1.30 bits per heavy atom. The predicted molar refractivity (Wildman–Crippen MR) is 81.7 cm³/mol. The average Bonchev–Trinajstić information content (AvgIpc) is 2.97. The summed E-state index contributed by atoms with van der Waals surface area (Å²) in [6.45, 7) is 0. The molecule has 0 spiro atoms. The summed E-state index contributed by atoms with van der Waals surface area (Å²) in [5, 5.41) is 12.8. The number of carboxylic acid groups (broad SMARTS) is 1. The van der Waals surface area contributed by atoms with Crippen LogP contribution in [0.2, 0.25) is 0 Å². The van der Waals surface area contributed by atoms with Gasteiger partial charge in [0.2, 0.25) is 0 Å². The van der Waals surface area contributed by atoms with Crippen LogP contribution < -0.4 is 0 Å². The van der Waals surface area contributed by atoms with Gasteiger partial charge in [-0.15, -0.1) is 0 Å². The second-order valence-electron chi connectivity index (χ2n) is 4.51. The molecule has 2 rings (SSSR count). The molecule has 1 N–H and O–H groups in total. The van der Waals surface area contributed by atoms with E-state index in [1.165, 1.54) is 11.1 Å². The Morgan fingerprint density at radius 2 is 2.20 bits per heavy atom. The lowest BCUT2D eigenvalue weighted by Gasteiger charge is -2.06. The molecule has 0 aliphatic carbocycles. The van der Waals surface area contributed by atoms with Crippen molar-refractivity contribution in [3.05, 3.63) is 58.6 Å². The van der Waals surface area contributed by atoms with Gasteiger partial charge in [-0.3, -0.25) is 9.78 Å². The molecule has 2 aromatic heterocycles. The third-order valence-corrected chi connectivity index (χ3v) is 3.68. The average molecular weight is 287 g/mol. The Bertz CT molecular complexity index is 561. The zero-order valence-electron chi connectivity index (χ0n) is 11.2. The first-order valence-corrected chi connectivity index (χ1v) is 7.56. The van der Waals surface area contributed by atoms with Gasteiger partial charge in [-0.2, -0.15) is 11.3 Å². The third-order valence-electron chi connectivity index (χ3n) is 3.00. The Hall–Kier alpha value is -1.94. The fourth-order valence-corrected chi connectivity index (χ4v) is 2.67. The molecule has 0 saturated heterocycles. The maximum absolute atomic E-state index is 10.5. The van der Waals surface area contributed by atoms with Crippen LogP contribution in [0.15, 0.2) is 47.4 Å². The molecule has 0 amide bonds. The van der Waals surface area contributed by atoms with E-state index in [1.807, 2.05) is 18.3 Å². The van der Waals surface area contributed by atoms with Crippen LogP contribution in [0.3, 0.4) is 0 Å². The first-order valence-electron chi connectivity index (χ1n) is 6.62. The maximum atomic E-state index is 10.5. The summed E-state index contributed by atoms with van der Waals surface area (Å²) < 4.78 is 0. The first-order chi connectivity index (χ1) is 9.77. The van der Waals surface area contributed by atoms with Gasteiger partial charge < -0.3 is 5.11 Å². The molecule has 0 bridgehead atoms. The number of carboxylic acids is 1. The SMILES string of the molecule is O=C(O)CCCC/C=C(\c1cccnc1)c1ccsc1. The van der Waals surface area contributed by atoms with Gasteiger partial charge >= 0.3 is 5.97 Å². The quantitative estimate of drug-likeness (QED) is 0.776. The summed E-state index contributed by atoms with van der Waals surface area (Å²) in [5.74, 6) is -0.723. The number of pyridine rings is 1. The molecule has 0 aliphatic heterocycles. The molecular formula is C16H17NO2S. The van der Waals surface area contributed by atoms with Crippen molar-refractivity contribution in [2.45, 2.75) is 25.7 Å². The predicted octanol–water partition coefficient (Wildman–Crippen LogP) is 4.22. The molecule has 3 nitrogen and oxygen atoms in total. The van der Waals surface area contributed by atoms with Crippen LogP contribution >= 0.6 is 11.3 Å². The van der Waals surface area contributed by atoms with Crippen LogP contribution in [0.4, 0.5) is 0 Å². The van der Waals surface area contributed by atoms with Crippen molar-refractivity contribution in [2.24, 2.45) is 0 Å². The van der Waals surface area contributed by atoms with E-state index in [9.17, 15) is 4.79 Å². The van der Waals surface area contributed by atoms with Crippen molar-refractivity contribution >= 4 is 22.9 Å². The van der Waals surface area contributed by atoms with E-state index >= 15 is 0 Å². The minimum atomic E-state index is -0.723. The number of aliphatic carboxylic acids is 1. The van der Waals surface area contributed by atoms with E-state index < -0.39 is 5.97 Å². The van der Waals surface area contributed by atoms with Gasteiger partial charge in [-0.25, -0.2) is 0 Å². The van der Waals surface area contributed by atoms with E-state index in [-0.39, 0.29) is 6.42 Å². The summed E-state index contributed by atoms with van der Waals surface area (Å²) in [7, 11) is 0. The molecule has 0 atom stereocenters. The third kappa shape index (κ3) is 4.31. The summed E-state index contributed by atoms with van der Waals surface area (Å²) in [4.78, 5) is 14.7. The van der Waals surface area contributed by atoms with E-state index in [4.69, 9.17) is 5.11 Å². The zero-order chi connectivity index (χ0) is 14.2. The van der Waals surface area contributed by atoms with Crippen LogP contribution in [-0.4, -0.2) is 16.1 Å². The van der Waals surface area contributed by atoms with Gasteiger partial charge in [-0.1, -0.05) is 12.1 Å². The largest absolute Gasteiger partial charge is 0.481 e. The summed E-state index contributed by atoms with van der Waals surface area (Å²) in [6, 6.07) is 6.08. The van der Waals surface area contributed by atoms with Gasteiger partial charge in [0.15, 0.2) is 0 Å². The monoisotopic (exact) mass is 287 g/mol. The van der Waals surface area contributed by atoms with Crippen molar-refractivity contribution < 1.29 is 9.90 Å². The molecular weight excluding hydrogens is 270 g/mol. The van der Waals surface area contributed by atoms with Crippen LogP contribution in [0.25, 0.3) is 5.57 Å². The fourth-order valence-electron chi connectivity index (χ4n) is 2.01. The van der Waals surface area contributed by atoms with Crippen LogP contribution in [0, 0.1) is 0 Å². The minimum absolute atomic E-state index is 0.245. The van der Waals surface area contributed by atoms with Crippen LogP contribution in [0.5, 0.6) is 0 Å². The molecule has 0 radical (unpaired) electrons. The standard InChI is InChI=1S/C16H17NO2S/c18-16(19)7-3-1-2-6-15(14-8-10-20-12-14)13-5-4-9-17-11-13/h4-6,8-12H,1-3,7H2,(H,18,19)/b15-6+. The second kappa shape index (κ2) is 7.60. The highest BCUT2D eigenvalue weighted by molar-refractivity contribution is 7.08. The van der Waals surface area contributed by atoms with Gasteiger partial charge in [-0.05, 0) is 53.3 Å². The van der Waals surface area contributed by atoms with Crippen LogP contribution in [0.1, 0.15) is 36.8 Å². The lowest BCUT2D eigenvalue weighted by atomic mass is 10.00. The Balaban J connectivity index is 2.06. The molecule has 0 unspecified atom stereocenters. The number of carbonyl (C=O) groups is 1. The lowest BCUT2D eigenvalue weighted by molar-refractivity contribution is -0.137. The van der Waals surface area contributed by atoms with Crippen molar-refractivity contribution in [3.8, 4) is 0 Å².